The molecule has 4 aromatic rings. The van der Waals surface area contributed by atoms with Gasteiger partial charge in [-0.05, 0) is 48.9 Å². The maximum Gasteiger partial charge on any atom is 0.416 e. The molecule has 31 heavy (non-hydrogen) atoms. The maximum atomic E-state index is 13.0. The molecule has 0 aliphatic carbocycles. The number of hydrogen-bond acceptors (Lipinski definition) is 5. The Hall–Kier alpha value is -3.39. The van der Waals surface area contributed by atoms with Crippen molar-refractivity contribution in [1.82, 2.24) is 4.98 Å². The number of hydrogen-bond donors (Lipinski definition) is 0. The van der Waals surface area contributed by atoms with Crippen LogP contribution in [0.1, 0.15) is 22.8 Å². The Morgan fingerprint density at radius 3 is 2.58 bits per heavy atom. The van der Waals surface area contributed by atoms with E-state index in [0.29, 0.717) is 11.1 Å². The predicted molar refractivity (Wildman–Crippen MR) is 113 cm³/mol. The average molecular weight is 443 g/mol. The molecule has 0 fully saturated rings. The first-order valence-corrected chi connectivity index (χ1v) is 10.2. The van der Waals surface area contributed by atoms with Crippen LogP contribution in [0.5, 0.6) is 10.9 Å². The summed E-state index contributed by atoms with van der Waals surface area (Å²) in [5.41, 5.74) is 1.92. The number of ether oxygens (including phenoxy) is 2. The fraction of sp³-hybridized carbons (Fsp3) is 0.130. The smallest absolute Gasteiger partial charge is 0.416 e. The molecule has 0 saturated carbocycles. The molecule has 0 N–H and O–H groups in total. The number of thiazole rings is 1. The van der Waals surface area contributed by atoms with Crippen molar-refractivity contribution in [2.75, 3.05) is 6.61 Å². The largest absolute Gasteiger partial charge is 0.462 e. The lowest BCUT2D eigenvalue weighted by Crippen LogP contribution is -2.04. The average Bonchev–Trinajstić information content (AvgIpc) is 3.16. The lowest BCUT2D eigenvalue weighted by Gasteiger charge is -2.08. The number of carbonyl (C=O) groups excluding carboxylic acids is 1. The molecule has 1 heterocycles. The van der Waals surface area contributed by atoms with Crippen molar-refractivity contribution in [3.8, 4) is 22.1 Å². The molecule has 0 saturated heterocycles. The van der Waals surface area contributed by atoms with Gasteiger partial charge in [-0.2, -0.15) is 13.2 Å². The normalized spacial score (nSPS) is 11.5. The summed E-state index contributed by atoms with van der Waals surface area (Å²) in [7, 11) is 0. The highest BCUT2D eigenvalue weighted by Crippen LogP contribution is 2.39. The summed E-state index contributed by atoms with van der Waals surface area (Å²) < 4.78 is 50.3. The summed E-state index contributed by atoms with van der Waals surface area (Å²) in [6.45, 7) is 2.02. The standard InChI is InChI=1S/C23H16F3NO3S/c1-2-29-21(28)15-7-3-6-14(12-15)18-10-5-11-19-20(18)31-22(27-19)30-17-9-4-8-16(13-17)23(24,25)26/h3-13H,2H2,1H3. The summed E-state index contributed by atoms with van der Waals surface area (Å²) >= 11 is 1.22. The third-order valence-electron chi connectivity index (χ3n) is 4.45. The van der Waals surface area contributed by atoms with Crippen LogP contribution < -0.4 is 4.74 Å². The molecule has 0 aliphatic rings. The number of benzene rings is 3. The Morgan fingerprint density at radius 1 is 1.03 bits per heavy atom. The van der Waals surface area contributed by atoms with E-state index >= 15 is 0 Å². The molecule has 8 heteroatoms. The number of fused-ring (bicyclic) bond motifs is 1. The van der Waals surface area contributed by atoms with Crippen molar-refractivity contribution >= 4 is 27.5 Å². The number of esters is 1. The van der Waals surface area contributed by atoms with Gasteiger partial charge in [0.25, 0.3) is 5.19 Å². The van der Waals surface area contributed by atoms with Crippen molar-refractivity contribution < 1.29 is 27.4 Å². The Bertz CT molecular complexity index is 1250. The molecular weight excluding hydrogens is 427 g/mol. The van der Waals surface area contributed by atoms with Gasteiger partial charge in [0, 0.05) is 5.56 Å². The van der Waals surface area contributed by atoms with E-state index in [1.807, 2.05) is 18.2 Å². The number of aromatic nitrogens is 1. The summed E-state index contributed by atoms with van der Waals surface area (Å²) in [4.78, 5) is 16.5. The zero-order valence-electron chi connectivity index (χ0n) is 16.3. The highest BCUT2D eigenvalue weighted by Gasteiger charge is 2.30. The molecule has 0 spiro atoms. The fourth-order valence-electron chi connectivity index (χ4n) is 3.06. The summed E-state index contributed by atoms with van der Waals surface area (Å²) in [5, 5.41) is 0.225. The topological polar surface area (TPSA) is 48.4 Å². The van der Waals surface area contributed by atoms with Crippen LogP contribution in [0.2, 0.25) is 0 Å². The van der Waals surface area contributed by atoms with Gasteiger partial charge >= 0.3 is 12.1 Å². The number of carbonyl (C=O) groups is 1. The van der Waals surface area contributed by atoms with Crippen molar-refractivity contribution in [3.05, 3.63) is 77.9 Å². The SMILES string of the molecule is CCOC(=O)c1cccc(-c2cccc3nc(Oc4cccc(C(F)(F)F)c4)sc23)c1. The van der Waals surface area contributed by atoms with E-state index in [1.165, 1.54) is 23.5 Å². The Kier molecular flexibility index (Phi) is 5.65. The summed E-state index contributed by atoms with van der Waals surface area (Å²) in [6, 6.07) is 17.2. The first-order valence-electron chi connectivity index (χ1n) is 9.37. The predicted octanol–water partition coefficient (Wildman–Crippen LogP) is 6.95. The van der Waals surface area contributed by atoms with Crippen molar-refractivity contribution in [2.45, 2.75) is 13.1 Å². The molecule has 0 aliphatic heterocycles. The van der Waals surface area contributed by atoms with Gasteiger partial charge < -0.3 is 9.47 Å². The monoisotopic (exact) mass is 443 g/mol. The number of halogens is 3. The van der Waals surface area contributed by atoms with E-state index in [0.717, 1.165) is 28.0 Å². The molecule has 0 unspecified atom stereocenters. The molecule has 0 amide bonds. The van der Waals surface area contributed by atoms with E-state index < -0.39 is 17.7 Å². The molecular formula is C23H16F3NO3S. The summed E-state index contributed by atoms with van der Waals surface area (Å²) in [5.74, 6) is -0.353. The first-order chi connectivity index (χ1) is 14.8. The van der Waals surface area contributed by atoms with Crippen LogP contribution in [-0.2, 0) is 10.9 Å². The summed E-state index contributed by atoms with van der Waals surface area (Å²) in [6.07, 6.45) is -4.45. The number of alkyl halides is 3. The van der Waals surface area contributed by atoms with Crippen molar-refractivity contribution in [2.24, 2.45) is 0 Å². The van der Waals surface area contributed by atoms with E-state index in [1.54, 1.807) is 31.2 Å². The van der Waals surface area contributed by atoms with Crippen LogP contribution in [0.3, 0.4) is 0 Å². The zero-order valence-corrected chi connectivity index (χ0v) is 17.1. The first kappa shape index (κ1) is 20.9. The van der Waals surface area contributed by atoms with Crippen molar-refractivity contribution in [1.29, 1.82) is 0 Å². The van der Waals surface area contributed by atoms with E-state index in [9.17, 15) is 18.0 Å². The second-order valence-electron chi connectivity index (χ2n) is 6.56. The second kappa shape index (κ2) is 8.39. The molecule has 0 bridgehead atoms. The quantitative estimate of drug-likeness (QED) is 0.313. The van der Waals surface area contributed by atoms with Gasteiger partial charge in [-0.15, -0.1) is 0 Å². The van der Waals surface area contributed by atoms with Gasteiger partial charge in [-0.25, -0.2) is 9.78 Å². The van der Waals surface area contributed by atoms with Gasteiger partial charge in [0.2, 0.25) is 0 Å². The maximum absolute atomic E-state index is 13.0. The van der Waals surface area contributed by atoms with E-state index in [4.69, 9.17) is 9.47 Å². The van der Waals surface area contributed by atoms with Crippen LogP contribution in [0.25, 0.3) is 21.3 Å². The van der Waals surface area contributed by atoms with Gasteiger partial charge in [0.1, 0.15) is 5.75 Å². The second-order valence-corrected chi connectivity index (χ2v) is 7.52. The molecule has 3 aromatic carbocycles. The minimum Gasteiger partial charge on any atom is -0.462 e. The van der Waals surface area contributed by atoms with Gasteiger partial charge in [-0.3, -0.25) is 0 Å². The highest BCUT2D eigenvalue weighted by molar-refractivity contribution is 7.20. The Balaban J connectivity index is 1.69. The molecule has 0 radical (unpaired) electrons. The van der Waals surface area contributed by atoms with E-state index in [2.05, 4.69) is 4.98 Å². The van der Waals surface area contributed by atoms with Crippen LogP contribution in [0.15, 0.2) is 66.7 Å². The Morgan fingerprint density at radius 2 is 1.81 bits per heavy atom. The van der Waals surface area contributed by atoms with Crippen LogP contribution in [-0.4, -0.2) is 17.6 Å². The van der Waals surface area contributed by atoms with Gasteiger partial charge in [0.05, 0.1) is 28.0 Å². The number of nitrogens with zero attached hydrogens (tertiary/aromatic N) is 1. The molecule has 0 atom stereocenters. The lowest BCUT2D eigenvalue weighted by molar-refractivity contribution is -0.137. The van der Waals surface area contributed by atoms with Crippen molar-refractivity contribution in [3.63, 3.8) is 0 Å². The van der Waals surface area contributed by atoms with Crippen LogP contribution in [0, 0.1) is 0 Å². The minimum absolute atomic E-state index is 0.0553. The fourth-order valence-corrected chi connectivity index (χ4v) is 4.04. The van der Waals surface area contributed by atoms with E-state index in [-0.39, 0.29) is 17.6 Å². The third-order valence-corrected chi connectivity index (χ3v) is 5.43. The highest BCUT2D eigenvalue weighted by atomic mass is 32.1. The lowest BCUT2D eigenvalue weighted by atomic mass is 10.0. The zero-order chi connectivity index (χ0) is 22.0. The number of rotatable bonds is 5. The van der Waals surface area contributed by atoms with Crippen LogP contribution in [0.4, 0.5) is 13.2 Å². The van der Waals surface area contributed by atoms with Gasteiger partial charge in [-0.1, -0.05) is 41.7 Å². The molecule has 4 nitrogen and oxygen atoms in total. The third kappa shape index (κ3) is 4.54. The molecule has 1 aromatic heterocycles. The Labute approximate surface area is 179 Å². The molecule has 158 valence electrons. The minimum atomic E-state index is -4.45. The molecule has 4 rings (SSSR count). The van der Waals surface area contributed by atoms with Crippen LogP contribution >= 0.6 is 11.3 Å². The van der Waals surface area contributed by atoms with Gasteiger partial charge in [0.15, 0.2) is 0 Å².